The van der Waals surface area contributed by atoms with Crippen LogP contribution >= 0.6 is 20.1 Å². The molecule has 0 aliphatic carbocycles. The minimum absolute atomic E-state index is 0.120. The minimum atomic E-state index is -0.623. The molecule has 5 nitrogen and oxygen atoms in total. The van der Waals surface area contributed by atoms with E-state index in [1.54, 1.807) is 23.9 Å². The largest absolute Gasteiger partial charge is 0.343 e. The Balaban J connectivity index is 2.48. The topological polar surface area (TPSA) is 64.4 Å². The zero-order chi connectivity index (χ0) is 12.7. The molecule has 0 saturated carbocycles. The number of thioether (sulfide) groups is 1. The summed E-state index contributed by atoms with van der Waals surface area (Å²) in [4.78, 5) is 11.1. The highest BCUT2D eigenvalue weighted by atomic mass is 32.2. The van der Waals surface area contributed by atoms with Gasteiger partial charge in [0.2, 0.25) is 0 Å². The van der Waals surface area contributed by atoms with Gasteiger partial charge in [-0.1, -0.05) is 0 Å². The van der Waals surface area contributed by atoms with Gasteiger partial charge in [0, 0.05) is 23.6 Å². The molecule has 1 N–H and O–H groups in total. The van der Waals surface area contributed by atoms with Crippen molar-refractivity contribution in [2.24, 2.45) is 0 Å². The van der Waals surface area contributed by atoms with E-state index in [0.29, 0.717) is 6.61 Å². The van der Waals surface area contributed by atoms with Gasteiger partial charge in [-0.05, 0) is 26.1 Å². The molecule has 1 aromatic carbocycles. The van der Waals surface area contributed by atoms with Crippen LogP contribution in [-0.2, 0) is 4.52 Å². The molecular weight excluding hydrogens is 259 g/mol. The van der Waals surface area contributed by atoms with Crippen LogP contribution in [0.4, 0.5) is 5.69 Å². The van der Waals surface area contributed by atoms with Crippen LogP contribution in [-0.4, -0.2) is 24.1 Å². The summed E-state index contributed by atoms with van der Waals surface area (Å²) in [5.41, 5.74) is 0.951. The summed E-state index contributed by atoms with van der Waals surface area (Å²) in [5.74, 6) is 0. The zero-order valence-electron chi connectivity index (χ0n) is 9.75. The average Bonchev–Trinajstić information content (AvgIpc) is 2.35. The number of nitrogens with zero attached hydrogens (tertiary/aromatic N) is 1. The van der Waals surface area contributed by atoms with Gasteiger partial charge in [-0.25, -0.2) is 0 Å². The Morgan fingerprint density at radius 3 is 2.59 bits per heavy atom. The first-order chi connectivity index (χ1) is 8.17. The molecule has 0 fully saturated rings. The number of hydrogen-bond donors (Lipinski definition) is 1. The van der Waals surface area contributed by atoms with E-state index in [1.165, 1.54) is 12.1 Å². The maximum absolute atomic E-state index is 10.5. The van der Waals surface area contributed by atoms with Crippen molar-refractivity contribution in [2.75, 3.05) is 19.1 Å². The Morgan fingerprint density at radius 2 is 2.12 bits per heavy atom. The van der Waals surface area contributed by atoms with Gasteiger partial charge in [0.1, 0.15) is 8.30 Å². The Bertz CT molecular complexity index is 361. The van der Waals surface area contributed by atoms with Crippen molar-refractivity contribution in [3.8, 4) is 0 Å². The number of rotatable bonds is 7. The van der Waals surface area contributed by atoms with Gasteiger partial charge in [0.05, 0.1) is 10.4 Å². The SMILES string of the molecule is CCOP(CSc1ccc([N+](=O)[O-])cc1)NC. The summed E-state index contributed by atoms with van der Waals surface area (Å²) < 4.78 is 5.50. The van der Waals surface area contributed by atoms with Crippen LogP contribution in [0.1, 0.15) is 6.92 Å². The smallest absolute Gasteiger partial charge is 0.269 e. The second-order valence-corrected chi connectivity index (χ2v) is 6.30. The Kier molecular flexibility index (Phi) is 6.44. The molecule has 7 heteroatoms. The Hall–Kier alpha value is -0.680. The second kappa shape index (κ2) is 7.61. The van der Waals surface area contributed by atoms with Crippen molar-refractivity contribution >= 4 is 25.7 Å². The molecule has 1 rings (SSSR count). The highest BCUT2D eigenvalue weighted by molar-refractivity contribution is 8.04. The highest BCUT2D eigenvalue weighted by Crippen LogP contribution is 2.38. The maximum Gasteiger partial charge on any atom is 0.269 e. The predicted molar refractivity (Wildman–Crippen MR) is 71.4 cm³/mol. The van der Waals surface area contributed by atoms with Crippen molar-refractivity contribution in [3.63, 3.8) is 0 Å². The molecule has 1 unspecified atom stereocenters. The van der Waals surface area contributed by atoms with E-state index < -0.39 is 13.2 Å². The molecule has 0 saturated heterocycles. The molecule has 17 heavy (non-hydrogen) atoms. The fourth-order valence-corrected chi connectivity index (χ4v) is 3.77. The van der Waals surface area contributed by atoms with Gasteiger partial charge in [0.25, 0.3) is 5.69 Å². The predicted octanol–water partition coefficient (Wildman–Crippen LogP) is 3.21. The third-order valence-corrected chi connectivity index (χ3v) is 5.06. The number of non-ortho nitro benzene ring substituents is 1. The molecule has 0 aliphatic heterocycles. The summed E-state index contributed by atoms with van der Waals surface area (Å²) in [6.45, 7) is 2.65. The third-order valence-electron chi connectivity index (χ3n) is 1.93. The lowest BCUT2D eigenvalue weighted by Crippen LogP contribution is -2.02. The van der Waals surface area contributed by atoms with Crippen LogP contribution in [0.5, 0.6) is 0 Å². The molecular formula is C10H15N2O3PS. The number of nitro groups is 1. The van der Waals surface area contributed by atoms with E-state index in [9.17, 15) is 10.1 Å². The molecule has 1 aromatic rings. The summed E-state index contributed by atoms with van der Waals surface area (Å²) in [6, 6.07) is 6.56. The minimum Gasteiger partial charge on any atom is -0.343 e. The van der Waals surface area contributed by atoms with Gasteiger partial charge in [-0.15, -0.1) is 11.8 Å². The second-order valence-electron chi connectivity index (χ2n) is 3.04. The molecule has 94 valence electrons. The first-order valence-corrected chi connectivity index (χ1v) is 7.55. The van der Waals surface area contributed by atoms with Crippen molar-refractivity contribution in [1.82, 2.24) is 5.09 Å². The molecule has 0 aliphatic rings. The van der Waals surface area contributed by atoms with Crippen molar-refractivity contribution < 1.29 is 9.45 Å². The molecule has 0 heterocycles. The van der Waals surface area contributed by atoms with E-state index in [-0.39, 0.29) is 5.69 Å². The summed E-state index contributed by atoms with van der Waals surface area (Å²) in [5, 5.41) is 13.6. The van der Waals surface area contributed by atoms with Crippen LogP contribution in [0.15, 0.2) is 29.2 Å². The van der Waals surface area contributed by atoms with E-state index in [2.05, 4.69) is 5.09 Å². The van der Waals surface area contributed by atoms with Crippen LogP contribution in [0.2, 0.25) is 0 Å². The first-order valence-electron chi connectivity index (χ1n) is 5.12. The fraction of sp³-hybridized carbons (Fsp3) is 0.400. The van der Waals surface area contributed by atoms with Gasteiger partial charge in [-0.2, -0.15) is 0 Å². The van der Waals surface area contributed by atoms with Crippen molar-refractivity contribution in [3.05, 3.63) is 34.4 Å². The van der Waals surface area contributed by atoms with E-state index >= 15 is 0 Å². The van der Waals surface area contributed by atoms with Crippen LogP contribution in [0, 0.1) is 10.1 Å². The summed E-state index contributed by atoms with van der Waals surface area (Å²) in [7, 11) is 1.25. The number of nitro benzene ring substituents is 1. The summed E-state index contributed by atoms with van der Waals surface area (Å²) >= 11 is 1.63. The Labute approximate surface area is 106 Å². The lowest BCUT2D eigenvalue weighted by Gasteiger charge is -2.14. The lowest BCUT2D eigenvalue weighted by atomic mass is 10.3. The molecule has 0 spiro atoms. The van der Waals surface area contributed by atoms with E-state index in [0.717, 1.165) is 10.4 Å². The van der Waals surface area contributed by atoms with Gasteiger partial charge in [-0.3, -0.25) is 15.2 Å². The van der Waals surface area contributed by atoms with Gasteiger partial charge in [0.15, 0.2) is 0 Å². The monoisotopic (exact) mass is 274 g/mol. The lowest BCUT2D eigenvalue weighted by molar-refractivity contribution is -0.384. The van der Waals surface area contributed by atoms with E-state index in [4.69, 9.17) is 4.52 Å². The fourth-order valence-electron chi connectivity index (χ4n) is 1.12. The van der Waals surface area contributed by atoms with Crippen molar-refractivity contribution in [1.29, 1.82) is 0 Å². The normalized spacial score (nSPS) is 12.4. The highest BCUT2D eigenvalue weighted by Gasteiger charge is 2.08. The molecule has 0 amide bonds. The van der Waals surface area contributed by atoms with Crippen LogP contribution in [0.3, 0.4) is 0 Å². The molecule has 0 radical (unpaired) electrons. The van der Waals surface area contributed by atoms with Gasteiger partial charge < -0.3 is 4.52 Å². The standard InChI is InChI=1S/C10H15N2O3PS/c1-3-15-16(11-2)8-17-10-6-4-9(5-7-10)12(13)14/h4-7,11H,3,8H2,1-2H3. The van der Waals surface area contributed by atoms with Crippen LogP contribution < -0.4 is 5.09 Å². The molecule has 0 bridgehead atoms. The number of hydrogen-bond acceptors (Lipinski definition) is 5. The third kappa shape index (κ3) is 5.00. The molecule has 1 atom stereocenters. The maximum atomic E-state index is 10.5. The summed E-state index contributed by atoms with van der Waals surface area (Å²) in [6.07, 6.45) is 0. The van der Waals surface area contributed by atoms with E-state index in [1.807, 2.05) is 14.0 Å². The molecule has 0 aromatic heterocycles. The van der Waals surface area contributed by atoms with Gasteiger partial charge >= 0.3 is 0 Å². The first kappa shape index (κ1) is 14.4. The average molecular weight is 274 g/mol. The zero-order valence-corrected chi connectivity index (χ0v) is 11.5. The van der Waals surface area contributed by atoms with Crippen LogP contribution in [0.25, 0.3) is 0 Å². The number of benzene rings is 1. The van der Waals surface area contributed by atoms with Crippen molar-refractivity contribution in [2.45, 2.75) is 11.8 Å². The Morgan fingerprint density at radius 1 is 1.47 bits per heavy atom. The quantitative estimate of drug-likeness (QED) is 0.358. The number of nitrogens with one attached hydrogen (secondary N) is 1.